The number of benzene rings is 1. The first-order chi connectivity index (χ1) is 7.70. The van der Waals surface area contributed by atoms with Crippen LogP contribution in [0.25, 0.3) is 0 Å². The number of halogens is 1. The average Bonchev–Trinajstić information content (AvgIpc) is 2.67. The third kappa shape index (κ3) is 2.18. The highest BCUT2D eigenvalue weighted by atomic mass is 35.5. The second-order valence-corrected chi connectivity index (χ2v) is 3.80. The van der Waals surface area contributed by atoms with E-state index in [1.54, 1.807) is 29.1 Å². The Balaban J connectivity index is 2.25. The molecule has 0 aliphatic heterocycles. The number of aryl methyl sites for hydroxylation is 1. The van der Waals surface area contributed by atoms with Gasteiger partial charge in [0.05, 0.1) is 5.02 Å². The van der Waals surface area contributed by atoms with Gasteiger partial charge < -0.3 is 15.0 Å². The van der Waals surface area contributed by atoms with Crippen molar-refractivity contribution in [3.05, 3.63) is 41.2 Å². The maximum atomic E-state index is 6.06. The molecule has 0 unspecified atom stereocenters. The minimum atomic E-state index is 0.461. The number of rotatable bonds is 3. The Morgan fingerprint density at radius 1 is 1.50 bits per heavy atom. The van der Waals surface area contributed by atoms with Crippen LogP contribution in [0.4, 0.5) is 0 Å². The van der Waals surface area contributed by atoms with E-state index in [-0.39, 0.29) is 0 Å². The Labute approximate surface area is 98.6 Å². The zero-order valence-electron chi connectivity index (χ0n) is 8.85. The molecule has 5 heteroatoms. The maximum absolute atomic E-state index is 6.06. The summed E-state index contributed by atoms with van der Waals surface area (Å²) < 4.78 is 7.33. The molecule has 84 valence electrons. The Bertz CT molecular complexity index is 496. The van der Waals surface area contributed by atoms with Gasteiger partial charge in [-0.1, -0.05) is 17.7 Å². The van der Waals surface area contributed by atoms with Gasteiger partial charge in [0, 0.05) is 26.0 Å². The molecule has 1 aromatic heterocycles. The molecule has 0 amide bonds. The highest BCUT2D eigenvalue weighted by molar-refractivity contribution is 6.32. The Morgan fingerprint density at radius 2 is 2.31 bits per heavy atom. The molecule has 0 radical (unpaired) electrons. The lowest BCUT2D eigenvalue weighted by Crippen LogP contribution is -1.97. The summed E-state index contributed by atoms with van der Waals surface area (Å²) in [5.74, 6) is 0.577. The number of imidazole rings is 1. The van der Waals surface area contributed by atoms with Gasteiger partial charge in [0.1, 0.15) is 5.75 Å². The van der Waals surface area contributed by atoms with Gasteiger partial charge in [-0.2, -0.15) is 0 Å². The molecule has 1 aromatic carbocycles. The van der Waals surface area contributed by atoms with Crippen LogP contribution in [-0.2, 0) is 13.6 Å². The van der Waals surface area contributed by atoms with Gasteiger partial charge in [0.25, 0.3) is 0 Å². The van der Waals surface area contributed by atoms with Crippen molar-refractivity contribution in [1.82, 2.24) is 9.55 Å². The second kappa shape index (κ2) is 4.55. The normalized spacial score (nSPS) is 10.4. The second-order valence-electron chi connectivity index (χ2n) is 3.39. The summed E-state index contributed by atoms with van der Waals surface area (Å²) in [7, 11) is 1.85. The number of hydrogen-bond donors (Lipinski definition) is 1. The highest BCUT2D eigenvalue weighted by Crippen LogP contribution is 2.28. The van der Waals surface area contributed by atoms with Gasteiger partial charge in [-0.05, 0) is 17.7 Å². The van der Waals surface area contributed by atoms with Crippen LogP contribution in [0.3, 0.4) is 0 Å². The van der Waals surface area contributed by atoms with E-state index in [2.05, 4.69) is 4.98 Å². The first-order valence-electron chi connectivity index (χ1n) is 4.84. The van der Waals surface area contributed by atoms with Crippen molar-refractivity contribution < 1.29 is 4.74 Å². The Morgan fingerprint density at radius 3 is 2.88 bits per heavy atom. The van der Waals surface area contributed by atoms with E-state index in [1.807, 2.05) is 13.1 Å². The van der Waals surface area contributed by atoms with Crippen LogP contribution in [0.1, 0.15) is 5.56 Å². The van der Waals surface area contributed by atoms with E-state index >= 15 is 0 Å². The quantitative estimate of drug-likeness (QED) is 0.892. The first-order valence-corrected chi connectivity index (χ1v) is 5.22. The van der Waals surface area contributed by atoms with Crippen LogP contribution in [0.15, 0.2) is 30.6 Å². The van der Waals surface area contributed by atoms with Crippen LogP contribution in [0.5, 0.6) is 11.8 Å². The van der Waals surface area contributed by atoms with Crippen molar-refractivity contribution in [3.63, 3.8) is 0 Å². The molecule has 0 saturated carbocycles. The maximum Gasteiger partial charge on any atom is 0.301 e. The number of nitrogens with two attached hydrogens (primary N) is 1. The smallest absolute Gasteiger partial charge is 0.301 e. The van der Waals surface area contributed by atoms with Crippen molar-refractivity contribution in [2.24, 2.45) is 12.8 Å². The van der Waals surface area contributed by atoms with E-state index in [4.69, 9.17) is 22.1 Å². The van der Waals surface area contributed by atoms with Crippen molar-refractivity contribution in [2.45, 2.75) is 6.54 Å². The first kappa shape index (κ1) is 11.0. The third-order valence-electron chi connectivity index (χ3n) is 2.21. The lowest BCUT2D eigenvalue weighted by Gasteiger charge is -2.07. The molecule has 0 spiro atoms. The molecular formula is C11H12ClN3O. The van der Waals surface area contributed by atoms with Gasteiger partial charge >= 0.3 is 6.01 Å². The van der Waals surface area contributed by atoms with Crippen LogP contribution in [0, 0.1) is 0 Å². The van der Waals surface area contributed by atoms with Crippen LogP contribution >= 0.6 is 11.6 Å². The summed E-state index contributed by atoms with van der Waals surface area (Å²) in [6.45, 7) is 0.461. The molecular weight excluding hydrogens is 226 g/mol. The summed E-state index contributed by atoms with van der Waals surface area (Å²) in [5.41, 5.74) is 6.48. The minimum absolute atomic E-state index is 0.461. The zero-order valence-corrected chi connectivity index (χ0v) is 9.61. The van der Waals surface area contributed by atoms with Gasteiger partial charge in [0.15, 0.2) is 0 Å². The summed E-state index contributed by atoms with van der Waals surface area (Å²) in [5, 5.41) is 0.533. The van der Waals surface area contributed by atoms with E-state index < -0.39 is 0 Å². The van der Waals surface area contributed by atoms with Gasteiger partial charge in [-0.25, -0.2) is 4.98 Å². The zero-order chi connectivity index (χ0) is 11.5. The molecule has 1 heterocycles. The fourth-order valence-electron chi connectivity index (χ4n) is 1.30. The molecule has 2 rings (SSSR count). The van der Waals surface area contributed by atoms with Crippen molar-refractivity contribution >= 4 is 11.6 Å². The molecule has 0 bridgehead atoms. The van der Waals surface area contributed by atoms with Gasteiger partial charge in [-0.3, -0.25) is 0 Å². The van der Waals surface area contributed by atoms with E-state index in [0.717, 1.165) is 5.56 Å². The van der Waals surface area contributed by atoms with Crippen LogP contribution < -0.4 is 10.5 Å². The SMILES string of the molecule is Cn1ccnc1Oc1ccc(CN)cc1Cl. The topological polar surface area (TPSA) is 53.1 Å². The summed E-state index contributed by atoms with van der Waals surface area (Å²) in [6, 6.07) is 5.96. The minimum Gasteiger partial charge on any atom is -0.424 e. The number of nitrogens with zero attached hydrogens (tertiary/aromatic N) is 2. The molecule has 0 aliphatic rings. The molecule has 2 N–H and O–H groups in total. The van der Waals surface area contributed by atoms with Crippen molar-refractivity contribution in [2.75, 3.05) is 0 Å². The summed E-state index contributed by atoms with van der Waals surface area (Å²) in [6.07, 6.45) is 3.47. The van der Waals surface area contributed by atoms with E-state index in [9.17, 15) is 0 Å². The summed E-state index contributed by atoms with van der Waals surface area (Å²) >= 11 is 6.06. The standard InChI is InChI=1S/C11H12ClN3O/c1-15-5-4-14-11(15)16-10-3-2-8(7-13)6-9(10)12/h2-6H,7,13H2,1H3. The third-order valence-corrected chi connectivity index (χ3v) is 2.51. The Hall–Kier alpha value is -1.52. The van der Waals surface area contributed by atoms with Crippen molar-refractivity contribution in [1.29, 1.82) is 0 Å². The molecule has 0 atom stereocenters. The lowest BCUT2D eigenvalue weighted by atomic mass is 10.2. The number of aromatic nitrogens is 2. The molecule has 0 aliphatic carbocycles. The highest BCUT2D eigenvalue weighted by Gasteiger charge is 2.06. The largest absolute Gasteiger partial charge is 0.424 e. The Kier molecular flexibility index (Phi) is 3.12. The predicted molar refractivity (Wildman–Crippen MR) is 62.6 cm³/mol. The van der Waals surface area contributed by atoms with Gasteiger partial charge in [-0.15, -0.1) is 0 Å². The van der Waals surface area contributed by atoms with Crippen LogP contribution in [-0.4, -0.2) is 9.55 Å². The van der Waals surface area contributed by atoms with Crippen LogP contribution in [0.2, 0.25) is 5.02 Å². The molecule has 0 fully saturated rings. The molecule has 0 saturated heterocycles. The molecule has 16 heavy (non-hydrogen) atoms. The fraction of sp³-hybridized carbons (Fsp3) is 0.182. The molecule has 4 nitrogen and oxygen atoms in total. The van der Waals surface area contributed by atoms with Crippen molar-refractivity contribution in [3.8, 4) is 11.8 Å². The lowest BCUT2D eigenvalue weighted by molar-refractivity contribution is 0.425. The fourth-order valence-corrected chi connectivity index (χ4v) is 1.54. The van der Waals surface area contributed by atoms with Gasteiger partial charge in [0.2, 0.25) is 0 Å². The molecule has 2 aromatic rings. The number of ether oxygens (including phenoxy) is 1. The number of hydrogen-bond acceptors (Lipinski definition) is 3. The predicted octanol–water partition coefficient (Wildman–Crippen LogP) is 2.32. The summed E-state index contributed by atoms with van der Waals surface area (Å²) in [4.78, 5) is 4.05. The average molecular weight is 238 g/mol. The monoisotopic (exact) mass is 237 g/mol. The van der Waals surface area contributed by atoms with E-state index in [0.29, 0.717) is 23.3 Å². The van der Waals surface area contributed by atoms with E-state index in [1.165, 1.54) is 0 Å².